The van der Waals surface area contributed by atoms with Gasteiger partial charge in [-0.2, -0.15) is 0 Å². The molecule has 17 heavy (non-hydrogen) atoms. The highest BCUT2D eigenvalue weighted by atomic mass is 32.2. The molecule has 0 aliphatic carbocycles. The van der Waals surface area contributed by atoms with Crippen LogP contribution in [0.1, 0.15) is 27.2 Å². The van der Waals surface area contributed by atoms with Crippen molar-refractivity contribution < 1.29 is 8.42 Å². The molecule has 2 atom stereocenters. The average molecular weight is 255 g/mol. The highest BCUT2D eigenvalue weighted by Crippen LogP contribution is 2.23. The maximum absolute atomic E-state index is 11.6. The van der Waals surface area contributed by atoms with Crippen molar-refractivity contribution in [2.45, 2.75) is 38.1 Å². The third-order valence-electron chi connectivity index (χ3n) is 3.17. The summed E-state index contributed by atoms with van der Waals surface area (Å²) >= 11 is 0. The Bertz CT molecular complexity index is 468. The molecule has 0 aromatic heterocycles. The first-order valence-corrected chi connectivity index (χ1v) is 7.81. The van der Waals surface area contributed by atoms with Crippen molar-refractivity contribution in [1.82, 2.24) is 0 Å². The summed E-state index contributed by atoms with van der Waals surface area (Å²) in [5.74, 6) is 0.502. The lowest BCUT2D eigenvalue weighted by Crippen LogP contribution is -2.24. The Labute approximate surface area is 104 Å². The van der Waals surface area contributed by atoms with Crippen LogP contribution in [0.3, 0.4) is 0 Å². The quantitative estimate of drug-likeness (QED) is 0.880. The van der Waals surface area contributed by atoms with Gasteiger partial charge in [0.15, 0.2) is 9.84 Å². The van der Waals surface area contributed by atoms with Gasteiger partial charge in [0.25, 0.3) is 0 Å². The van der Waals surface area contributed by atoms with Crippen LogP contribution in [0.4, 0.5) is 5.69 Å². The number of nitrogens with one attached hydrogen (secondary N) is 1. The smallest absolute Gasteiger partial charge is 0.177 e. The van der Waals surface area contributed by atoms with Gasteiger partial charge in [0.05, 0.1) is 10.6 Å². The SMILES string of the molecule is CCC(C)C(C)Nc1ccccc1S(C)(=O)=O. The highest BCUT2D eigenvalue weighted by molar-refractivity contribution is 7.90. The van der Waals surface area contributed by atoms with Gasteiger partial charge in [0.1, 0.15) is 0 Å². The standard InChI is InChI=1S/C13H21NO2S/c1-5-10(2)11(3)14-12-8-6-7-9-13(12)17(4,15)16/h6-11,14H,5H2,1-4H3. The lowest BCUT2D eigenvalue weighted by Gasteiger charge is -2.22. The summed E-state index contributed by atoms with van der Waals surface area (Å²) in [7, 11) is -3.17. The van der Waals surface area contributed by atoms with Crippen molar-refractivity contribution in [1.29, 1.82) is 0 Å². The number of benzene rings is 1. The molecule has 4 heteroatoms. The average Bonchev–Trinajstić information content (AvgIpc) is 2.27. The van der Waals surface area contributed by atoms with E-state index in [9.17, 15) is 8.42 Å². The van der Waals surface area contributed by atoms with Gasteiger partial charge in [-0.05, 0) is 25.0 Å². The summed E-state index contributed by atoms with van der Waals surface area (Å²) in [5.41, 5.74) is 0.697. The minimum atomic E-state index is -3.17. The van der Waals surface area contributed by atoms with Crippen LogP contribution in [0, 0.1) is 5.92 Å². The van der Waals surface area contributed by atoms with E-state index in [-0.39, 0.29) is 6.04 Å². The van der Waals surface area contributed by atoms with E-state index in [4.69, 9.17) is 0 Å². The Balaban J connectivity index is 3.00. The Morgan fingerprint density at radius 1 is 1.24 bits per heavy atom. The molecule has 1 rings (SSSR count). The maximum atomic E-state index is 11.6. The van der Waals surface area contributed by atoms with Crippen LogP contribution in [-0.4, -0.2) is 20.7 Å². The van der Waals surface area contributed by atoms with Gasteiger partial charge < -0.3 is 5.32 Å². The van der Waals surface area contributed by atoms with E-state index in [0.29, 0.717) is 16.5 Å². The molecule has 0 radical (unpaired) electrons. The van der Waals surface area contributed by atoms with Crippen LogP contribution in [0.25, 0.3) is 0 Å². The molecule has 0 fully saturated rings. The summed E-state index contributed by atoms with van der Waals surface area (Å²) in [5, 5.41) is 3.29. The van der Waals surface area contributed by atoms with Gasteiger partial charge in [-0.25, -0.2) is 8.42 Å². The van der Waals surface area contributed by atoms with Gasteiger partial charge in [0, 0.05) is 12.3 Å². The monoisotopic (exact) mass is 255 g/mol. The second-order valence-corrected chi connectivity index (χ2v) is 6.57. The number of sulfone groups is 1. The molecule has 0 bridgehead atoms. The van der Waals surface area contributed by atoms with Crippen molar-refractivity contribution in [3.8, 4) is 0 Å². The molecule has 1 aromatic rings. The van der Waals surface area contributed by atoms with Crippen LogP contribution in [0.2, 0.25) is 0 Å². The number of para-hydroxylation sites is 1. The predicted molar refractivity (Wildman–Crippen MR) is 72.1 cm³/mol. The second-order valence-electron chi connectivity index (χ2n) is 4.59. The minimum Gasteiger partial charge on any atom is -0.381 e. The van der Waals surface area contributed by atoms with E-state index < -0.39 is 9.84 Å². The number of hydrogen-bond donors (Lipinski definition) is 1. The van der Waals surface area contributed by atoms with Gasteiger partial charge in [0.2, 0.25) is 0 Å². The third kappa shape index (κ3) is 3.73. The van der Waals surface area contributed by atoms with Crippen molar-refractivity contribution in [3.05, 3.63) is 24.3 Å². The van der Waals surface area contributed by atoms with Crippen molar-refractivity contribution in [3.63, 3.8) is 0 Å². The minimum absolute atomic E-state index is 0.253. The zero-order valence-corrected chi connectivity index (χ0v) is 11.7. The largest absolute Gasteiger partial charge is 0.381 e. The summed E-state index contributed by atoms with van der Waals surface area (Å²) in [6.45, 7) is 6.36. The Kier molecular flexibility index (Phi) is 4.57. The molecule has 0 aliphatic rings. The zero-order valence-electron chi connectivity index (χ0n) is 10.9. The molecule has 0 saturated heterocycles. The lowest BCUT2D eigenvalue weighted by molar-refractivity contribution is 0.494. The fraction of sp³-hybridized carbons (Fsp3) is 0.538. The molecule has 0 aliphatic heterocycles. The Morgan fingerprint density at radius 3 is 2.35 bits per heavy atom. The first kappa shape index (κ1) is 14.0. The summed E-state index contributed by atoms with van der Waals surface area (Å²) in [6.07, 6.45) is 2.30. The topological polar surface area (TPSA) is 46.2 Å². The highest BCUT2D eigenvalue weighted by Gasteiger charge is 2.16. The lowest BCUT2D eigenvalue weighted by atomic mass is 10.0. The van der Waals surface area contributed by atoms with Gasteiger partial charge in [-0.3, -0.25) is 0 Å². The molecule has 3 nitrogen and oxygen atoms in total. The van der Waals surface area contributed by atoms with Crippen molar-refractivity contribution in [2.75, 3.05) is 11.6 Å². The molecule has 1 aromatic carbocycles. The van der Waals surface area contributed by atoms with Crippen molar-refractivity contribution in [2.24, 2.45) is 5.92 Å². The first-order valence-electron chi connectivity index (χ1n) is 5.92. The van der Waals surface area contributed by atoms with Crippen LogP contribution < -0.4 is 5.32 Å². The number of anilines is 1. The molecule has 1 N–H and O–H groups in total. The van der Waals surface area contributed by atoms with E-state index in [1.807, 2.05) is 12.1 Å². The zero-order chi connectivity index (χ0) is 13.1. The number of rotatable bonds is 5. The molecular formula is C13H21NO2S. The molecule has 0 spiro atoms. The molecule has 0 amide bonds. The molecule has 0 saturated carbocycles. The summed E-state index contributed by atoms with van der Waals surface area (Å²) < 4.78 is 23.3. The Morgan fingerprint density at radius 2 is 1.82 bits per heavy atom. The molecule has 0 heterocycles. The van der Waals surface area contributed by atoms with E-state index in [1.165, 1.54) is 6.26 Å². The van der Waals surface area contributed by atoms with Crippen LogP contribution in [0.5, 0.6) is 0 Å². The van der Waals surface area contributed by atoms with Crippen LogP contribution >= 0.6 is 0 Å². The van der Waals surface area contributed by atoms with Crippen LogP contribution in [0.15, 0.2) is 29.2 Å². The van der Waals surface area contributed by atoms with Gasteiger partial charge in [-0.15, -0.1) is 0 Å². The predicted octanol–water partition coefficient (Wildman–Crippen LogP) is 2.94. The van der Waals surface area contributed by atoms with Gasteiger partial charge in [-0.1, -0.05) is 32.4 Å². The third-order valence-corrected chi connectivity index (χ3v) is 4.32. The van der Waals surface area contributed by atoms with Crippen LogP contribution in [-0.2, 0) is 9.84 Å². The summed E-state index contributed by atoms with van der Waals surface area (Å²) in [4.78, 5) is 0.371. The molecule has 96 valence electrons. The second kappa shape index (κ2) is 5.54. The van der Waals surface area contributed by atoms with E-state index in [2.05, 4.69) is 26.1 Å². The fourth-order valence-corrected chi connectivity index (χ4v) is 2.50. The summed E-state index contributed by atoms with van der Waals surface area (Å²) in [6, 6.07) is 7.30. The van der Waals surface area contributed by atoms with Crippen molar-refractivity contribution >= 4 is 15.5 Å². The van der Waals surface area contributed by atoms with Gasteiger partial charge >= 0.3 is 0 Å². The Hall–Kier alpha value is -1.03. The first-order chi connectivity index (χ1) is 7.86. The molecule has 2 unspecified atom stereocenters. The molecular weight excluding hydrogens is 234 g/mol. The normalized spacial score (nSPS) is 15.3. The number of hydrogen-bond acceptors (Lipinski definition) is 3. The fourth-order valence-electron chi connectivity index (χ4n) is 1.65. The maximum Gasteiger partial charge on any atom is 0.177 e. The van der Waals surface area contributed by atoms with E-state index >= 15 is 0 Å². The van der Waals surface area contributed by atoms with E-state index in [0.717, 1.165) is 6.42 Å². The van der Waals surface area contributed by atoms with E-state index in [1.54, 1.807) is 12.1 Å².